The average Bonchev–Trinajstić information content (AvgIpc) is 2.74. The smallest absolute Gasteiger partial charge is 0.119 e. The van der Waals surface area contributed by atoms with Crippen LogP contribution in [-0.2, 0) is 0 Å². The number of ether oxygens (including phenoxy) is 1. The summed E-state index contributed by atoms with van der Waals surface area (Å²) in [7, 11) is 1.68. The van der Waals surface area contributed by atoms with Crippen LogP contribution in [0.4, 0.5) is 17.1 Å². The van der Waals surface area contributed by atoms with E-state index in [-0.39, 0.29) is 0 Å². The average molecular weight is 406 g/mol. The zero-order valence-corrected chi connectivity index (χ0v) is 17.6. The summed E-state index contributed by atoms with van der Waals surface area (Å²) in [6.45, 7) is 6.28. The predicted molar refractivity (Wildman–Crippen MR) is 124 cm³/mol. The molecule has 4 aromatic rings. The molecule has 0 spiro atoms. The van der Waals surface area contributed by atoms with E-state index in [2.05, 4.69) is 48.3 Å². The standard InChI is InChI=1S/C24H24ClN3O/c1-4-28(5-2)18-8-6-7-17(14-18)26-24-20-11-9-16(25)13-23(20)27-22-12-10-19(29-3)15-21(22)24/h6-15H,4-5H2,1-3H3,(H,26,27). The van der Waals surface area contributed by atoms with Crippen LogP contribution in [0.2, 0.25) is 5.02 Å². The molecule has 0 unspecified atom stereocenters. The Hall–Kier alpha value is -2.98. The number of hydrogen-bond donors (Lipinski definition) is 1. The number of methoxy groups -OCH3 is 1. The van der Waals surface area contributed by atoms with Crippen molar-refractivity contribution < 1.29 is 4.74 Å². The number of rotatable bonds is 6. The fourth-order valence-corrected chi connectivity index (χ4v) is 3.84. The summed E-state index contributed by atoms with van der Waals surface area (Å²) in [6, 6.07) is 20.2. The number of halogens is 1. The largest absolute Gasteiger partial charge is 0.497 e. The Morgan fingerprint density at radius 3 is 2.52 bits per heavy atom. The van der Waals surface area contributed by atoms with Gasteiger partial charge >= 0.3 is 0 Å². The van der Waals surface area contributed by atoms with Crippen molar-refractivity contribution in [2.24, 2.45) is 0 Å². The van der Waals surface area contributed by atoms with Crippen LogP contribution in [0.25, 0.3) is 21.8 Å². The van der Waals surface area contributed by atoms with Crippen LogP contribution < -0.4 is 15.0 Å². The molecule has 0 saturated heterocycles. The number of pyridine rings is 1. The summed E-state index contributed by atoms with van der Waals surface area (Å²) in [6.07, 6.45) is 0. The minimum absolute atomic E-state index is 0.673. The van der Waals surface area contributed by atoms with Gasteiger partial charge in [0.1, 0.15) is 5.75 Å². The highest BCUT2D eigenvalue weighted by molar-refractivity contribution is 6.31. The highest BCUT2D eigenvalue weighted by Gasteiger charge is 2.12. The molecule has 0 saturated carbocycles. The SMILES string of the molecule is CCN(CC)c1cccc(Nc2c3ccc(Cl)cc3nc3ccc(OC)cc23)c1. The predicted octanol–water partition coefficient (Wildman–Crippen LogP) is 6.64. The summed E-state index contributed by atoms with van der Waals surface area (Å²) in [5, 5.41) is 6.34. The number of fused-ring (bicyclic) bond motifs is 2. The van der Waals surface area contributed by atoms with E-state index in [9.17, 15) is 0 Å². The number of anilines is 3. The molecule has 148 valence electrons. The number of aromatic nitrogens is 1. The minimum atomic E-state index is 0.673. The molecule has 5 heteroatoms. The summed E-state index contributed by atoms with van der Waals surface area (Å²) < 4.78 is 5.46. The summed E-state index contributed by atoms with van der Waals surface area (Å²) in [4.78, 5) is 7.13. The molecule has 0 amide bonds. The first kappa shape index (κ1) is 19.3. The quantitative estimate of drug-likeness (QED) is 0.365. The number of nitrogens with zero attached hydrogens (tertiary/aromatic N) is 2. The number of nitrogens with one attached hydrogen (secondary N) is 1. The lowest BCUT2D eigenvalue weighted by Crippen LogP contribution is -2.21. The Balaban J connectivity index is 1.90. The molecule has 0 aliphatic rings. The van der Waals surface area contributed by atoms with Crippen molar-refractivity contribution >= 4 is 50.5 Å². The topological polar surface area (TPSA) is 37.4 Å². The summed E-state index contributed by atoms with van der Waals surface area (Å²) in [5.74, 6) is 0.799. The number of benzene rings is 3. The molecule has 4 rings (SSSR count). The van der Waals surface area contributed by atoms with Crippen LogP contribution in [0.1, 0.15) is 13.8 Å². The molecule has 3 aromatic carbocycles. The lowest BCUT2D eigenvalue weighted by Gasteiger charge is -2.22. The van der Waals surface area contributed by atoms with Crippen LogP contribution in [-0.4, -0.2) is 25.2 Å². The van der Waals surface area contributed by atoms with E-state index in [0.717, 1.165) is 52.0 Å². The van der Waals surface area contributed by atoms with E-state index in [1.54, 1.807) is 7.11 Å². The van der Waals surface area contributed by atoms with E-state index in [0.29, 0.717) is 5.02 Å². The van der Waals surface area contributed by atoms with Gasteiger partial charge in [0.15, 0.2) is 0 Å². The molecule has 29 heavy (non-hydrogen) atoms. The van der Waals surface area contributed by atoms with Crippen LogP contribution in [0.15, 0.2) is 60.7 Å². The van der Waals surface area contributed by atoms with Crippen LogP contribution in [0.3, 0.4) is 0 Å². The van der Waals surface area contributed by atoms with Crippen molar-refractivity contribution in [2.75, 3.05) is 30.4 Å². The molecule has 0 atom stereocenters. The maximum atomic E-state index is 6.23. The molecule has 4 nitrogen and oxygen atoms in total. The Kier molecular flexibility index (Phi) is 5.45. The molecule has 0 fully saturated rings. The molecule has 0 aliphatic carbocycles. The number of hydrogen-bond acceptors (Lipinski definition) is 4. The fourth-order valence-electron chi connectivity index (χ4n) is 3.67. The van der Waals surface area contributed by atoms with Crippen LogP contribution in [0, 0.1) is 0 Å². The third-order valence-electron chi connectivity index (χ3n) is 5.19. The molecule has 0 aliphatic heterocycles. The molecular weight excluding hydrogens is 382 g/mol. The Bertz CT molecular complexity index is 1170. The van der Waals surface area contributed by atoms with Gasteiger partial charge in [-0.2, -0.15) is 0 Å². The van der Waals surface area contributed by atoms with Gasteiger partial charge in [0.25, 0.3) is 0 Å². The van der Waals surface area contributed by atoms with E-state index in [4.69, 9.17) is 21.3 Å². The molecule has 1 heterocycles. The fraction of sp³-hybridized carbons (Fsp3) is 0.208. The first-order chi connectivity index (χ1) is 14.1. The van der Waals surface area contributed by atoms with Crippen molar-refractivity contribution in [3.8, 4) is 5.75 Å². The molecule has 0 bridgehead atoms. The van der Waals surface area contributed by atoms with Gasteiger partial charge in [0.2, 0.25) is 0 Å². The second-order valence-corrected chi connectivity index (χ2v) is 7.32. The van der Waals surface area contributed by atoms with E-state index in [1.165, 1.54) is 5.69 Å². The summed E-state index contributed by atoms with van der Waals surface area (Å²) >= 11 is 6.23. The van der Waals surface area contributed by atoms with Gasteiger partial charge in [0.05, 0.1) is 23.8 Å². The van der Waals surface area contributed by atoms with Crippen molar-refractivity contribution in [2.45, 2.75) is 13.8 Å². The molecule has 1 N–H and O–H groups in total. The molecule has 0 radical (unpaired) electrons. The summed E-state index contributed by atoms with van der Waals surface area (Å²) in [5.41, 5.74) is 4.97. The van der Waals surface area contributed by atoms with Gasteiger partial charge in [0, 0.05) is 40.3 Å². The second kappa shape index (κ2) is 8.18. The van der Waals surface area contributed by atoms with Gasteiger partial charge < -0.3 is 15.0 Å². The monoisotopic (exact) mass is 405 g/mol. The second-order valence-electron chi connectivity index (χ2n) is 6.88. The zero-order chi connectivity index (χ0) is 20.4. The van der Waals surface area contributed by atoms with Gasteiger partial charge in [-0.25, -0.2) is 4.98 Å². The van der Waals surface area contributed by atoms with Crippen molar-refractivity contribution in [1.82, 2.24) is 4.98 Å². The molecular formula is C24H24ClN3O. The Labute approximate surface area is 176 Å². The first-order valence-electron chi connectivity index (χ1n) is 9.82. The third-order valence-corrected chi connectivity index (χ3v) is 5.42. The van der Waals surface area contributed by atoms with Gasteiger partial charge in [-0.3, -0.25) is 0 Å². The highest BCUT2D eigenvalue weighted by Crippen LogP contribution is 2.36. The van der Waals surface area contributed by atoms with Crippen molar-refractivity contribution in [3.63, 3.8) is 0 Å². The van der Waals surface area contributed by atoms with E-state index >= 15 is 0 Å². The van der Waals surface area contributed by atoms with Gasteiger partial charge in [-0.05, 0) is 68.4 Å². The maximum Gasteiger partial charge on any atom is 0.119 e. The van der Waals surface area contributed by atoms with Gasteiger partial charge in [-0.1, -0.05) is 17.7 Å². The third kappa shape index (κ3) is 3.81. The van der Waals surface area contributed by atoms with Gasteiger partial charge in [-0.15, -0.1) is 0 Å². The van der Waals surface area contributed by atoms with E-state index < -0.39 is 0 Å². The maximum absolute atomic E-state index is 6.23. The molecule has 1 aromatic heterocycles. The zero-order valence-electron chi connectivity index (χ0n) is 16.9. The van der Waals surface area contributed by atoms with Crippen molar-refractivity contribution in [3.05, 3.63) is 65.7 Å². The van der Waals surface area contributed by atoms with Crippen LogP contribution >= 0.6 is 11.6 Å². The Morgan fingerprint density at radius 1 is 0.931 bits per heavy atom. The lowest BCUT2D eigenvalue weighted by molar-refractivity contribution is 0.415. The first-order valence-corrected chi connectivity index (χ1v) is 10.2. The van der Waals surface area contributed by atoms with Crippen LogP contribution in [0.5, 0.6) is 5.75 Å². The minimum Gasteiger partial charge on any atom is -0.497 e. The van der Waals surface area contributed by atoms with E-state index in [1.807, 2.05) is 36.4 Å². The lowest BCUT2D eigenvalue weighted by atomic mass is 10.1. The normalized spacial score (nSPS) is 11.0. The highest BCUT2D eigenvalue weighted by atomic mass is 35.5. The van der Waals surface area contributed by atoms with Crippen molar-refractivity contribution in [1.29, 1.82) is 0 Å². The Morgan fingerprint density at radius 2 is 1.76 bits per heavy atom.